The smallest absolute Gasteiger partial charge is 0.0566 e. The zero-order chi connectivity index (χ0) is 11.9. The Morgan fingerprint density at radius 3 is 2.13 bits per heavy atom. The summed E-state index contributed by atoms with van der Waals surface area (Å²) in [5.74, 6) is 0.437. The Balaban J connectivity index is 3.65. The van der Waals surface area contributed by atoms with Gasteiger partial charge in [0.2, 0.25) is 0 Å². The van der Waals surface area contributed by atoms with Crippen LogP contribution in [0.3, 0.4) is 0 Å². The lowest BCUT2D eigenvalue weighted by Gasteiger charge is -2.26. The highest BCUT2D eigenvalue weighted by atomic mass is 16.3. The predicted octanol–water partition coefficient (Wildman–Crippen LogP) is 4.39. The van der Waals surface area contributed by atoms with Gasteiger partial charge in [-0.1, -0.05) is 60.3 Å². The number of hydrogen-bond donors (Lipinski definition) is 1. The third kappa shape index (κ3) is 8.92. The van der Waals surface area contributed by atoms with Crippen LogP contribution in [-0.2, 0) is 0 Å². The van der Waals surface area contributed by atoms with Crippen LogP contribution in [0.5, 0.6) is 0 Å². The topological polar surface area (TPSA) is 20.2 Å². The van der Waals surface area contributed by atoms with Crippen LogP contribution in [0, 0.1) is 11.3 Å². The van der Waals surface area contributed by atoms with Crippen LogP contribution in [0.25, 0.3) is 0 Å². The van der Waals surface area contributed by atoms with Crippen molar-refractivity contribution in [2.75, 3.05) is 0 Å². The summed E-state index contributed by atoms with van der Waals surface area (Å²) >= 11 is 0. The zero-order valence-corrected chi connectivity index (χ0v) is 11.3. The molecule has 0 fully saturated rings. The second-order valence-electron chi connectivity index (χ2n) is 6.16. The Hall–Kier alpha value is -0.0400. The van der Waals surface area contributed by atoms with Gasteiger partial charge in [-0.3, -0.25) is 0 Å². The molecule has 0 aromatic rings. The SMILES string of the molecule is CCCCCCC(O)C(C)CC(C)(C)C. The van der Waals surface area contributed by atoms with Crippen molar-refractivity contribution in [3.05, 3.63) is 0 Å². The molecule has 0 spiro atoms. The van der Waals surface area contributed by atoms with Crippen LogP contribution in [0.1, 0.15) is 73.1 Å². The van der Waals surface area contributed by atoms with Crippen LogP contribution in [0.15, 0.2) is 0 Å². The Labute approximate surface area is 96.3 Å². The molecular formula is C14H30O. The van der Waals surface area contributed by atoms with Gasteiger partial charge in [0.25, 0.3) is 0 Å². The molecule has 0 aromatic heterocycles. The minimum absolute atomic E-state index is 0.0962. The van der Waals surface area contributed by atoms with E-state index in [9.17, 15) is 5.11 Å². The largest absolute Gasteiger partial charge is 0.393 e. The highest BCUT2D eigenvalue weighted by molar-refractivity contribution is 4.72. The van der Waals surface area contributed by atoms with Gasteiger partial charge in [-0.25, -0.2) is 0 Å². The minimum atomic E-state index is -0.0962. The second kappa shape index (κ2) is 7.27. The summed E-state index contributed by atoms with van der Waals surface area (Å²) in [5.41, 5.74) is 0.337. The highest BCUT2D eigenvalue weighted by Crippen LogP contribution is 2.27. The molecule has 0 rings (SSSR count). The van der Waals surface area contributed by atoms with Gasteiger partial charge in [0.15, 0.2) is 0 Å². The van der Waals surface area contributed by atoms with E-state index in [0.717, 1.165) is 12.8 Å². The van der Waals surface area contributed by atoms with E-state index in [1.165, 1.54) is 25.7 Å². The summed E-state index contributed by atoms with van der Waals surface area (Å²) in [5, 5.41) is 9.98. The molecule has 15 heavy (non-hydrogen) atoms. The van der Waals surface area contributed by atoms with E-state index in [0.29, 0.717) is 11.3 Å². The molecule has 1 N–H and O–H groups in total. The van der Waals surface area contributed by atoms with Gasteiger partial charge < -0.3 is 5.11 Å². The molecule has 0 radical (unpaired) electrons. The summed E-state index contributed by atoms with van der Waals surface area (Å²) in [4.78, 5) is 0. The standard InChI is InChI=1S/C14H30O/c1-6-7-8-9-10-13(15)12(2)11-14(3,4)5/h12-13,15H,6-11H2,1-5H3. The lowest BCUT2D eigenvalue weighted by molar-refractivity contribution is 0.0811. The first-order chi connectivity index (χ1) is 6.87. The monoisotopic (exact) mass is 214 g/mol. The first-order valence-electron chi connectivity index (χ1n) is 6.55. The summed E-state index contributed by atoms with van der Waals surface area (Å²) in [6, 6.07) is 0. The van der Waals surface area contributed by atoms with E-state index < -0.39 is 0 Å². The maximum Gasteiger partial charge on any atom is 0.0566 e. The lowest BCUT2D eigenvalue weighted by Crippen LogP contribution is -2.22. The van der Waals surface area contributed by atoms with Crippen molar-refractivity contribution in [1.29, 1.82) is 0 Å². The van der Waals surface area contributed by atoms with Gasteiger partial charge >= 0.3 is 0 Å². The normalized spacial score (nSPS) is 16.4. The predicted molar refractivity (Wildman–Crippen MR) is 68.0 cm³/mol. The Morgan fingerprint density at radius 1 is 1.07 bits per heavy atom. The molecule has 0 bridgehead atoms. The van der Waals surface area contributed by atoms with E-state index in [-0.39, 0.29) is 6.10 Å². The summed E-state index contributed by atoms with van der Waals surface area (Å²) in [7, 11) is 0. The molecule has 0 saturated heterocycles. The fourth-order valence-corrected chi connectivity index (χ4v) is 2.17. The first-order valence-corrected chi connectivity index (χ1v) is 6.55. The van der Waals surface area contributed by atoms with Crippen LogP contribution in [-0.4, -0.2) is 11.2 Å². The van der Waals surface area contributed by atoms with E-state index in [1.807, 2.05) is 0 Å². The van der Waals surface area contributed by atoms with E-state index in [1.54, 1.807) is 0 Å². The Morgan fingerprint density at radius 2 is 1.67 bits per heavy atom. The molecule has 1 nitrogen and oxygen atoms in total. The quantitative estimate of drug-likeness (QED) is 0.623. The van der Waals surface area contributed by atoms with Crippen molar-refractivity contribution < 1.29 is 5.11 Å². The molecule has 92 valence electrons. The van der Waals surface area contributed by atoms with E-state index in [2.05, 4.69) is 34.6 Å². The van der Waals surface area contributed by atoms with Gasteiger partial charge in [-0.15, -0.1) is 0 Å². The van der Waals surface area contributed by atoms with Gasteiger partial charge in [0.05, 0.1) is 6.10 Å². The van der Waals surface area contributed by atoms with Crippen LogP contribution >= 0.6 is 0 Å². The second-order valence-corrected chi connectivity index (χ2v) is 6.16. The maximum atomic E-state index is 9.98. The minimum Gasteiger partial charge on any atom is -0.393 e. The highest BCUT2D eigenvalue weighted by Gasteiger charge is 2.20. The van der Waals surface area contributed by atoms with Crippen molar-refractivity contribution in [3.63, 3.8) is 0 Å². The number of hydrogen-bond acceptors (Lipinski definition) is 1. The lowest BCUT2D eigenvalue weighted by atomic mass is 9.82. The molecule has 2 atom stereocenters. The fourth-order valence-electron chi connectivity index (χ4n) is 2.17. The number of rotatable bonds is 7. The molecule has 0 aromatic carbocycles. The van der Waals surface area contributed by atoms with Crippen LogP contribution in [0.4, 0.5) is 0 Å². The Kier molecular flexibility index (Phi) is 7.25. The van der Waals surface area contributed by atoms with Crippen LogP contribution in [0.2, 0.25) is 0 Å². The fraction of sp³-hybridized carbons (Fsp3) is 1.00. The molecule has 1 heteroatoms. The zero-order valence-electron chi connectivity index (χ0n) is 11.3. The first kappa shape index (κ1) is 15.0. The number of aliphatic hydroxyl groups excluding tert-OH is 1. The van der Waals surface area contributed by atoms with Crippen molar-refractivity contribution >= 4 is 0 Å². The van der Waals surface area contributed by atoms with E-state index in [4.69, 9.17) is 0 Å². The average Bonchev–Trinajstić information content (AvgIpc) is 2.09. The summed E-state index contributed by atoms with van der Waals surface area (Å²) < 4.78 is 0. The molecule has 0 amide bonds. The van der Waals surface area contributed by atoms with E-state index >= 15 is 0 Å². The third-order valence-corrected chi connectivity index (χ3v) is 2.94. The number of aliphatic hydroxyl groups is 1. The summed E-state index contributed by atoms with van der Waals surface area (Å²) in [6.07, 6.45) is 7.04. The third-order valence-electron chi connectivity index (χ3n) is 2.94. The van der Waals surface area contributed by atoms with Crippen molar-refractivity contribution in [1.82, 2.24) is 0 Å². The van der Waals surface area contributed by atoms with Crippen molar-refractivity contribution in [3.8, 4) is 0 Å². The number of unbranched alkanes of at least 4 members (excludes halogenated alkanes) is 3. The van der Waals surface area contributed by atoms with Gasteiger partial charge in [0.1, 0.15) is 0 Å². The molecule has 0 aliphatic carbocycles. The van der Waals surface area contributed by atoms with Crippen LogP contribution < -0.4 is 0 Å². The van der Waals surface area contributed by atoms with Gasteiger partial charge in [0, 0.05) is 0 Å². The maximum absolute atomic E-state index is 9.98. The van der Waals surface area contributed by atoms with Crippen molar-refractivity contribution in [2.45, 2.75) is 79.2 Å². The molecule has 0 saturated carbocycles. The summed E-state index contributed by atoms with van der Waals surface area (Å²) in [6.45, 7) is 11.1. The van der Waals surface area contributed by atoms with Crippen molar-refractivity contribution in [2.24, 2.45) is 11.3 Å². The molecule has 0 aliphatic heterocycles. The average molecular weight is 214 g/mol. The molecule has 2 unspecified atom stereocenters. The molecule has 0 heterocycles. The Bertz CT molecular complexity index is 146. The van der Waals surface area contributed by atoms with Gasteiger partial charge in [-0.05, 0) is 24.2 Å². The van der Waals surface area contributed by atoms with Gasteiger partial charge in [-0.2, -0.15) is 0 Å². The molecule has 0 aliphatic rings. The molecular weight excluding hydrogens is 184 g/mol.